The van der Waals surface area contributed by atoms with E-state index in [0.717, 1.165) is 39.1 Å². The molecule has 0 aliphatic carbocycles. The maximum atomic E-state index is 5.19. The molecule has 2 aliphatic heterocycles. The number of anilines is 1. The molecular weight excluding hydrogens is 236 g/mol. The Balaban J connectivity index is 1.52. The normalized spacial score (nSPS) is 22.8. The van der Waals surface area contributed by atoms with E-state index in [2.05, 4.69) is 40.6 Å². The van der Waals surface area contributed by atoms with Gasteiger partial charge in [-0.3, -0.25) is 4.90 Å². The Morgan fingerprint density at radius 3 is 3.00 bits per heavy atom. The van der Waals surface area contributed by atoms with Crippen LogP contribution in [-0.4, -0.2) is 44.3 Å². The van der Waals surface area contributed by atoms with Gasteiger partial charge in [0.2, 0.25) is 0 Å². The molecule has 0 saturated carbocycles. The van der Waals surface area contributed by atoms with Crippen LogP contribution in [0.3, 0.4) is 0 Å². The lowest BCUT2D eigenvalue weighted by Gasteiger charge is -2.28. The van der Waals surface area contributed by atoms with Crippen LogP contribution in [0.15, 0.2) is 35.9 Å². The summed E-state index contributed by atoms with van der Waals surface area (Å²) in [6, 6.07) is 9.21. The van der Waals surface area contributed by atoms with Crippen molar-refractivity contribution in [2.75, 3.05) is 38.7 Å². The van der Waals surface area contributed by atoms with Crippen LogP contribution >= 0.6 is 0 Å². The van der Waals surface area contributed by atoms with Crippen LogP contribution in [0.2, 0.25) is 0 Å². The number of hydrogen-bond acceptors (Lipinski definition) is 3. The molecule has 0 aromatic heterocycles. The molecule has 1 atom stereocenters. The summed E-state index contributed by atoms with van der Waals surface area (Å²) in [6.45, 7) is 4.14. The summed E-state index contributed by atoms with van der Waals surface area (Å²) >= 11 is 0. The molecule has 3 rings (SSSR count). The topological polar surface area (TPSA) is 24.5 Å². The predicted molar refractivity (Wildman–Crippen MR) is 78.6 cm³/mol. The minimum absolute atomic E-state index is 0.565. The Kier molecular flexibility index (Phi) is 3.85. The van der Waals surface area contributed by atoms with Crippen molar-refractivity contribution in [3.05, 3.63) is 41.5 Å². The Morgan fingerprint density at radius 2 is 2.26 bits per heavy atom. The van der Waals surface area contributed by atoms with E-state index in [1.54, 1.807) is 7.11 Å². The van der Waals surface area contributed by atoms with Gasteiger partial charge in [-0.25, -0.2) is 0 Å². The highest BCUT2D eigenvalue weighted by molar-refractivity contribution is 5.56. The fourth-order valence-corrected chi connectivity index (χ4v) is 3.03. The van der Waals surface area contributed by atoms with E-state index in [1.807, 2.05) is 0 Å². The lowest BCUT2D eigenvalue weighted by Crippen LogP contribution is -2.38. The Hall–Kier alpha value is -1.32. The van der Waals surface area contributed by atoms with E-state index in [9.17, 15) is 0 Å². The quantitative estimate of drug-likeness (QED) is 0.839. The summed E-state index contributed by atoms with van der Waals surface area (Å²) in [7, 11) is 1.77. The molecule has 19 heavy (non-hydrogen) atoms. The van der Waals surface area contributed by atoms with Gasteiger partial charge < -0.3 is 10.1 Å². The molecule has 3 heteroatoms. The standard InChI is InChI=1S/C16H22N2O/c1-19-12-13-6-8-18(9-7-13)11-15-10-14-4-2-3-5-16(14)17-15/h2-6,15,17H,7-12H2,1H3. The van der Waals surface area contributed by atoms with Gasteiger partial charge >= 0.3 is 0 Å². The van der Waals surface area contributed by atoms with Gasteiger partial charge in [-0.05, 0) is 30.0 Å². The highest BCUT2D eigenvalue weighted by Gasteiger charge is 2.22. The van der Waals surface area contributed by atoms with Crippen LogP contribution in [0.5, 0.6) is 0 Å². The van der Waals surface area contributed by atoms with Crippen molar-refractivity contribution in [1.82, 2.24) is 4.90 Å². The average molecular weight is 258 g/mol. The van der Waals surface area contributed by atoms with E-state index in [0.29, 0.717) is 6.04 Å². The number of nitrogens with one attached hydrogen (secondary N) is 1. The molecule has 2 heterocycles. The van der Waals surface area contributed by atoms with Crippen LogP contribution in [0.25, 0.3) is 0 Å². The van der Waals surface area contributed by atoms with Gasteiger partial charge in [0, 0.05) is 38.5 Å². The molecule has 0 radical (unpaired) electrons. The summed E-state index contributed by atoms with van der Waals surface area (Å²) in [5, 5.41) is 3.63. The summed E-state index contributed by atoms with van der Waals surface area (Å²) < 4.78 is 5.19. The molecule has 0 amide bonds. The Labute approximate surface area is 115 Å². The number of methoxy groups -OCH3 is 1. The van der Waals surface area contributed by atoms with Gasteiger partial charge in [-0.2, -0.15) is 0 Å². The lowest BCUT2D eigenvalue weighted by atomic mass is 10.1. The number of benzene rings is 1. The van der Waals surface area contributed by atoms with Crippen LogP contribution in [0, 0.1) is 0 Å². The molecule has 0 spiro atoms. The SMILES string of the molecule is COCC1=CCN(CC2Cc3ccccc3N2)CC1. The van der Waals surface area contributed by atoms with E-state index in [1.165, 1.54) is 16.8 Å². The van der Waals surface area contributed by atoms with Crippen molar-refractivity contribution in [2.45, 2.75) is 18.9 Å². The predicted octanol–water partition coefficient (Wildman–Crippen LogP) is 2.30. The molecule has 102 valence electrons. The van der Waals surface area contributed by atoms with Crippen molar-refractivity contribution < 1.29 is 4.74 Å². The first-order chi connectivity index (χ1) is 9.35. The van der Waals surface area contributed by atoms with Gasteiger partial charge in [-0.15, -0.1) is 0 Å². The monoisotopic (exact) mass is 258 g/mol. The molecule has 1 N–H and O–H groups in total. The second-order valence-electron chi connectivity index (χ2n) is 5.51. The Morgan fingerprint density at radius 1 is 1.37 bits per heavy atom. The largest absolute Gasteiger partial charge is 0.380 e. The molecule has 3 nitrogen and oxygen atoms in total. The zero-order valence-electron chi connectivity index (χ0n) is 11.6. The summed E-state index contributed by atoms with van der Waals surface area (Å²) in [4.78, 5) is 2.53. The molecule has 1 aromatic carbocycles. The molecule has 0 saturated heterocycles. The first-order valence-corrected chi connectivity index (χ1v) is 7.09. The molecule has 0 bridgehead atoms. The third-order valence-electron chi connectivity index (χ3n) is 4.04. The van der Waals surface area contributed by atoms with Crippen molar-refractivity contribution in [1.29, 1.82) is 0 Å². The maximum Gasteiger partial charge on any atom is 0.0673 e. The number of fused-ring (bicyclic) bond motifs is 1. The fraction of sp³-hybridized carbons (Fsp3) is 0.500. The minimum Gasteiger partial charge on any atom is -0.380 e. The van der Waals surface area contributed by atoms with Crippen molar-refractivity contribution in [3.63, 3.8) is 0 Å². The van der Waals surface area contributed by atoms with Crippen LogP contribution < -0.4 is 5.32 Å². The van der Waals surface area contributed by atoms with E-state index in [4.69, 9.17) is 4.74 Å². The Bertz CT molecular complexity index is 445. The van der Waals surface area contributed by atoms with Gasteiger partial charge in [0.05, 0.1) is 6.61 Å². The second-order valence-corrected chi connectivity index (χ2v) is 5.51. The fourth-order valence-electron chi connectivity index (χ4n) is 3.03. The van der Waals surface area contributed by atoms with Gasteiger partial charge in [-0.1, -0.05) is 24.3 Å². The van der Waals surface area contributed by atoms with Crippen molar-refractivity contribution in [2.24, 2.45) is 0 Å². The minimum atomic E-state index is 0.565. The highest BCUT2D eigenvalue weighted by atomic mass is 16.5. The van der Waals surface area contributed by atoms with Crippen molar-refractivity contribution in [3.8, 4) is 0 Å². The molecular formula is C16H22N2O. The molecule has 2 aliphatic rings. The number of nitrogens with zero attached hydrogens (tertiary/aromatic N) is 1. The lowest BCUT2D eigenvalue weighted by molar-refractivity contribution is 0.210. The van der Waals surface area contributed by atoms with Crippen LogP contribution in [0.4, 0.5) is 5.69 Å². The van der Waals surface area contributed by atoms with Gasteiger partial charge in [0.25, 0.3) is 0 Å². The first kappa shape index (κ1) is 12.7. The summed E-state index contributed by atoms with van der Waals surface area (Å²) in [6.07, 6.45) is 4.63. The van der Waals surface area contributed by atoms with Crippen LogP contribution in [-0.2, 0) is 11.2 Å². The zero-order valence-corrected chi connectivity index (χ0v) is 11.6. The van der Waals surface area contributed by atoms with Crippen LogP contribution in [0.1, 0.15) is 12.0 Å². The van der Waals surface area contributed by atoms with Gasteiger partial charge in [0.1, 0.15) is 0 Å². The maximum absolute atomic E-state index is 5.19. The smallest absolute Gasteiger partial charge is 0.0673 e. The van der Waals surface area contributed by atoms with E-state index < -0.39 is 0 Å². The molecule has 0 fully saturated rings. The third-order valence-corrected chi connectivity index (χ3v) is 4.04. The summed E-state index contributed by atoms with van der Waals surface area (Å²) in [5.41, 5.74) is 4.22. The van der Waals surface area contributed by atoms with Crippen molar-refractivity contribution >= 4 is 5.69 Å². The zero-order chi connectivity index (χ0) is 13.1. The van der Waals surface area contributed by atoms with E-state index in [-0.39, 0.29) is 0 Å². The number of ether oxygens (including phenoxy) is 1. The number of hydrogen-bond donors (Lipinski definition) is 1. The summed E-state index contributed by atoms with van der Waals surface area (Å²) in [5.74, 6) is 0. The number of rotatable bonds is 4. The highest BCUT2D eigenvalue weighted by Crippen LogP contribution is 2.26. The number of para-hydroxylation sites is 1. The van der Waals surface area contributed by atoms with E-state index >= 15 is 0 Å². The van der Waals surface area contributed by atoms with Gasteiger partial charge in [0.15, 0.2) is 0 Å². The average Bonchev–Trinajstić information content (AvgIpc) is 2.83. The molecule has 1 aromatic rings. The second kappa shape index (κ2) is 5.76. The third kappa shape index (κ3) is 2.99. The first-order valence-electron chi connectivity index (χ1n) is 7.09. The molecule has 1 unspecified atom stereocenters.